The summed E-state index contributed by atoms with van der Waals surface area (Å²) in [6, 6.07) is 20.4. The smallest absolute Gasteiger partial charge is 0.120 e. The molecule has 0 bridgehead atoms. The normalized spacial score (nSPS) is 18.4. The van der Waals surface area contributed by atoms with Crippen LogP contribution in [0.2, 0.25) is 10.0 Å². The van der Waals surface area contributed by atoms with Crippen molar-refractivity contribution in [3.05, 3.63) is 99.5 Å². The number of ether oxygens (including phenoxy) is 1. The average molecular weight is 441 g/mol. The highest BCUT2D eigenvalue weighted by Gasteiger charge is 2.27. The topological polar surface area (TPSA) is 53.5 Å². The molecule has 6 heteroatoms. The van der Waals surface area contributed by atoms with Crippen LogP contribution in [0.1, 0.15) is 35.8 Å². The van der Waals surface area contributed by atoms with E-state index < -0.39 is 0 Å². The second-order valence-corrected chi connectivity index (χ2v) is 7.83. The minimum absolute atomic E-state index is 0.180. The molecule has 0 aromatic heterocycles. The molecule has 3 N–H and O–H groups in total. The van der Waals surface area contributed by atoms with Crippen LogP contribution in [0.15, 0.2) is 72.8 Å². The quantitative estimate of drug-likeness (QED) is 0.450. The second kappa shape index (κ2) is 9.00. The molecular weight excluding hydrogens is 419 g/mol. The maximum Gasteiger partial charge on any atom is 0.120 e. The molecule has 3 aromatic carbocycles. The Morgan fingerprint density at radius 1 is 0.967 bits per heavy atom. The Morgan fingerprint density at radius 2 is 1.73 bits per heavy atom. The minimum Gasteiger partial charge on any atom is -0.508 e. The monoisotopic (exact) mass is 440 g/mol. The van der Waals surface area contributed by atoms with Gasteiger partial charge in [0.05, 0.1) is 12.6 Å². The first-order valence-electron chi connectivity index (χ1n) is 9.75. The van der Waals surface area contributed by atoms with Gasteiger partial charge in [0.1, 0.15) is 17.7 Å². The molecule has 4 nitrogen and oxygen atoms in total. The molecule has 2 unspecified atom stereocenters. The van der Waals surface area contributed by atoms with Crippen LogP contribution >= 0.6 is 23.2 Å². The number of hydrogen-bond donors (Lipinski definition) is 3. The van der Waals surface area contributed by atoms with Crippen molar-refractivity contribution in [3.63, 3.8) is 0 Å². The van der Waals surface area contributed by atoms with Crippen molar-refractivity contribution >= 4 is 28.9 Å². The summed E-state index contributed by atoms with van der Waals surface area (Å²) in [5, 5.41) is 18.7. The van der Waals surface area contributed by atoms with Gasteiger partial charge in [0, 0.05) is 26.9 Å². The first kappa shape index (κ1) is 20.6. The predicted octanol–water partition coefficient (Wildman–Crippen LogP) is 6.07. The number of phenols is 1. The van der Waals surface area contributed by atoms with Crippen molar-refractivity contribution in [1.82, 2.24) is 10.6 Å². The van der Waals surface area contributed by atoms with Gasteiger partial charge in [-0.15, -0.1) is 0 Å². The lowest BCUT2D eigenvalue weighted by molar-refractivity contribution is 0.340. The van der Waals surface area contributed by atoms with Gasteiger partial charge in [0.25, 0.3) is 0 Å². The second-order valence-electron chi connectivity index (χ2n) is 6.98. The van der Waals surface area contributed by atoms with Crippen molar-refractivity contribution in [2.45, 2.75) is 19.1 Å². The molecule has 0 saturated carbocycles. The number of phenolic OH excluding ortho intramolecular Hbond substituents is 1. The van der Waals surface area contributed by atoms with E-state index in [2.05, 4.69) is 10.6 Å². The number of aromatic hydroxyl groups is 1. The lowest BCUT2D eigenvalue weighted by Crippen LogP contribution is -2.39. The van der Waals surface area contributed by atoms with Gasteiger partial charge in [-0.25, -0.2) is 0 Å². The summed E-state index contributed by atoms with van der Waals surface area (Å²) in [7, 11) is 0. The van der Waals surface area contributed by atoms with Crippen molar-refractivity contribution in [2.75, 3.05) is 6.61 Å². The SMILES string of the molecule is CCOc1ccc(C2=CC(c3cc(Cl)ccc3O)NC(c3ccccc3Cl)N2)cc1. The molecule has 0 spiro atoms. The summed E-state index contributed by atoms with van der Waals surface area (Å²) in [6.07, 6.45) is 1.78. The van der Waals surface area contributed by atoms with E-state index in [0.29, 0.717) is 22.2 Å². The van der Waals surface area contributed by atoms with Gasteiger partial charge < -0.3 is 15.2 Å². The lowest BCUT2D eigenvalue weighted by Gasteiger charge is -2.33. The van der Waals surface area contributed by atoms with E-state index in [4.69, 9.17) is 27.9 Å². The van der Waals surface area contributed by atoms with Gasteiger partial charge >= 0.3 is 0 Å². The molecular formula is C24H22Cl2N2O2. The molecule has 1 aliphatic heterocycles. The van der Waals surface area contributed by atoms with Crippen LogP contribution in [0.4, 0.5) is 0 Å². The molecule has 0 aliphatic carbocycles. The predicted molar refractivity (Wildman–Crippen MR) is 122 cm³/mol. The van der Waals surface area contributed by atoms with E-state index in [1.54, 1.807) is 18.2 Å². The summed E-state index contributed by atoms with van der Waals surface area (Å²) in [6.45, 7) is 2.58. The van der Waals surface area contributed by atoms with Gasteiger partial charge in [-0.1, -0.05) is 41.4 Å². The molecule has 3 aromatic rings. The number of halogens is 2. The number of benzene rings is 3. The van der Waals surface area contributed by atoms with E-state index in [1.807, 2.05) is 61.5 Å². The Labute approximate surface area is 186 Å². The van der Waals surface area contributed by atoms with Crippen LogP contribution in [0.3, 0.4) is 0 Å². The average Bonchev–Trinajstić information content (AvgIpc) is 2.76. The number of nitrogens with one attached hydrogen (secondary N) is 2. The van der Waals surface area contributed by atoms with Gasteiger partial charge in [-0.2, -0.15) is 0 Å². The van der Waals surface area contributed by atoms with E-state index >= 15 is 0 Å². The first-order valence-corrected chi connectivity index (χ1v) is 10.5. The van der Waals surface area contributed by atoms with Crippen LogP contribution in [-0.4, -0.2) is 11.7 Å². The molecule has 154 valence electrons. The highest BCUT2D eigenvalue weighted by Crippen LogP contribution is 2.36. The Hall–Kier alpha value is -2.66. The van der Waals surface area contributed by atoms with Gasteiger partial charge in [0.15, 0.2) is 0 Å². The van der Waals surface area contributed by atoms with Crippen molar-refractivity contribution in [3.8, 4) is 11.5 Å². The van der Waals surface area contributed by atoms with Gasteiger partial charge in [-0.05, 0) is 67.1 Å². The summed E-state index contributed by atoms with van der Waals surface area (Å²) in [4.78, 5) is 0. The van der Waals surface area contributed by atoms with Crippen LogP contribution in [-0.2, 0) is 0 Å². The summed E-state index contributed by atoms with van der Waals surface area (Å²) >= 11 is 12.7. The molecule has 0 radical (unpaired) electrons. The number of hydrogen-bond acceptors (Lipinski definition) is 4. The van der Waals surface area contributed by atoms with Crippen LogP contribution in [0, 0.1) is 0 Å². The molecule has 0 amide bonds. The van der Waals surface area contributed by atoms with E-state index in [-0.39, 0.29) is 18.0 Å². The highest BCUT2D eigenvalue weighted by molar-refractivity contribution is 6.31. The fraction of sp³-hybridized carbons (Fsp3) is 0.167. The molecule has 2 atom stereocenters. The Bertz CT molecular complexity index is 1070. The van der Waals surface area contributed by atoms with E-state index in [9.17, 15) is 5.11 Å². The third kappa shape index (κ3) is 4.41. The van der Waals surface area contributed by atoms with E-state index in [1.165, 1.54) is 0 Å². The lowest BCUT2D eigenvalue weighted by atomic mass is 9.98. The molecule has 1 aliphatic rings. The van der Waals surface area contributed by atoms with E-state index in [0.717, 1.165) is 22.6 Å². The van der Waals surface area contributed by atoms with Crippen molar-refractivity contribution in [2.24, 2.45) is 0 Å². The maximum atomic E-state index is 10.5. The summed E-state index contributed by atoms with van der Waals surface area (Å²) in [5.41, 5.74) is 3.54. The van der Waals surface area contributed by atoms with Crippen LogP contribution in [0.5, 0.6) is 11.5 Å². The molecule has 30 heavy (non-hydrogen) atoms. The van der Waals surface area contributed by atoms with Gasteiger partial charge in [0.2, 0.25) is 0 Å². The summed E-state index contributed by atoms with van der Waals surface area (Å²) in [5.74, 6) is 1.00. The molecule has 4 rings (SSSR count). The summed E-state index contributed by atoms with van der Waals surface area (Å²) < 4.78 is 5.56. The zero-order chi connectivity index (χ0) is 21.1. The Morgan fingerprint density at radius 3 is 2.47 bits per heavy atom. The van der Waals surface area contributed by atoms with Crippen molar-refractivity contribution < 1.29 is 9.84 Å². The maximum absolute atomic E-state index is 10.5. The minimum atomic E-state index is -0.271. The zero-order valence-electron chi connectivity index (χ0n) is 16.4. The standard InChI is InChI=1S/C24H22Cl2N2O2/c1-2-30-17-10-7-15(8-11-17)21-14-22(19-13-16(25)9-12-23(19)29)28-24(27-21)18-5-3-4-6-20(18)26/h3-14,22,24,27-29H,2H2,1H3. The Balaban J connectivity index is 1.75. The van der Waals surface area contributed by atoms with Gasteiger partial charge in [-0.3, -0.25) is 5.32 Å². The number of rotatable bonds is 5. The largest absolute Gasteiger partial charge is 0.508 e. The fourth-order valence-corrected chi connectivity index (χ4v) is 3.97. The third-order valence-electron chi connectivity index (χ3n) is 5.00. The Kier molecular flexibility index (Phi) is 6.18. The van der Waals surface area contributed by atoms with Crippen molar-refractivity contribution in [1.29, 1.82) is 0 Å². The highest BCUT2D eigenvalue weighted by atomic mass is 35.5. The molecule has 0 saturated heterocycles. The molecule has 0 fully saturated rings. The fourth-order valence-electron chi connectivity index (χ4n) is 3.55. The first-order chi connectivity index (χ1) is 14.5. The molecule has 1 heterocycles. The van der Waals surface area contributed by atoms with Crippen LogP contribution in [0.25, 0.3) is 5.70 Å². The third-order valence-corrected chi connectivity index (χ3v) is 5.58. The zero-order valence-corrected chi connectivity index (χ0v) is 17.9. The van der Waals surface area contributed by atoms with Crippen LogP contribution < -0.4 is 15.4 Å².